The van der Waals surface area contributed by atoms with Crippen LogP contribution >= 0.6 is 0 Å². The minimum absolute atomic E-state index is 0.109. The van der Waals surface area contributed by atoms with Crippen LogP contribution in [0.3, 0.4) is 0 Å². The number of hydrogen-bond acceptors (Lipinski definition) is 3. The van der Waals surface area contributed by atoms with E-state index in [9.17, 15) is 0 Å². The van der Waals surface area contributed by atoms with Crippen LogP contribution < -0.4 is 0 Å². The predicted molar refractivity (Wildman–Crippen MR) is 50.8 cm³/mol. The zero-order valence-corrected chi connectivity index (χ0v) is 8.76. The fourth-order valence-electron chi connectivity index (χ4n) is 1.21. The molecule has 0 unspecified atom stereocenters. The number of nitrogens with zero attached hydrogens (tertiary/aromatic N) is 1. The van der Waals surface area contributed by atoms with Crippen molar-refractivity contribution in [2.24, 2.45) is 0 Å². The fourth-order valence-corrected chi connectivity index (χ4v) is 1.21. The van der Waals surface area contributed by atoms with Gasteiger partial charge < -0.3 is 9.26 Å². The van der Waals surface area contributed by atoms with Gasteiger partial charge in [-0.2, -0.15) is 0 Å². The minimum Gasteiger partial charge on any atom is -0.379 e. The molecule has 0 saturated carbocycles. The third-order valence-corrected chi connectivity index (χ3v) is 2.09. The second kappa shape index (κ2) is 3.92. The Morgan fingerprint density at radius 1 is 1.38 bits per heavy atom. The summed E-state index contributed by atoms with van der Waals surface area (Å²) in [6.07, 6.45) is 0. The largest absolute Gasteiger partial charge is 0.379 e. The molecule has 0 radical (unpaired) electrons. The van der Waals surface area contributed by atoms with Crippen LogP contribution in [0.1, 0.15) is 32.2 Å². The van der Waals surface area contributed by atoms with Crippen molar-refractivity contribution in [2.45, 2.75) is 33.1 Å². The summed E-state index contributed by atoms with van der Waals surface area (Å²) < 4.78 is 10.1. The van der Waals surface area contributed by atoms with Crippen LogP contribution in [-0.2, 0) is 10.2 Å². The molecule has 0 amide bonds. The Morgan fingerprint density at radius 3 is 2.31 bits per heavy atom. The molecule has 0 spiro atoms. The van der Waals surface area contributed by atoms with Gasteiger partial charge in [0.2, 0.25) is 0 Å². The maximum absolute atomic E-state index is 5.12. The number of aryl methyl sites for hydroxylation is 1. The number of aromatic nitrogens is 1. The van der Waals surface area contributed by atoms with Gasteiger partial charge in [0.25, 0.3) is 0 Å². The van der Waals surface area contributed by atoms with E-state index in [1.807, 2.05) is 26.8 Å². The van der Waals surface area contributed by atoms with Gasteiger partial charge in [0.05, 0.1) is 24.3 Å². The normalized spacial score (nSPS) is 18.5. The summed E-state index contributed by atoms with van der Waals surface area (Å²) in [6.45, 7) is 9.56. The number of hydrogen-bond donors (Lipinski definition) is 0. The first kappa shape index (κ1) is 10.3. The van der Waals surface area contributed by atoms with E-state index in [0.29, 0.717) is 0 Å². The first-order valence-electron chi connectivity index (χ1n) is 4.72. The van der Waals surface area contributed by atoms with Crippen LogP contribution in [0.15, 0.2) is 10.6 Å². The minimum atomic E-state index is 0.109. The lowest BCUT2D eigenvalue weighted by molar-refractivity contribution is -0.0532. The third kappa shape index (κ3) is 1.91. The van der Waals surface area contributed by atoms with E-state index in [4.69, 9.17) is 9.26 Å². The molecule has 1 aromatic heterocycles. The highest BCUT2D eigenvalue weighted by molar-refractivity contribution is 5.18. The van der Waals surface area contributed by atoms with Crippen LogP contribution in [0.25, 0.3) is 0 Å². The van der Waals surface area contributed by atoms with Crippen molar-refractivity contribution >= 4 is 0 Å². The second-order valence-electron chi connectivity index (χ2n) is 3.38. The van der Waals surface area contributed by atoms with Crippen molar-refractivity contribution in [3.8, 4) is 0 Å². The average Bonchev–Trinajstić information content (AvgIpc) is 2.52. The van der Waals surface area contributed by atoms with Gasteiger partial charge in [-0.15, -0.1) is 0 Å². The summed E-state index contributed by atoms with van der Waals surface area (Å²) in [6, 6.07) is 1.97. The zero-order chi connectivity index (χ0) is 9.90. The van der Waals surface area contributed by atoms with E-state index in [-0.39, 0.29) is 5.41 Å². The van der Waals surface area contributed by atoms with Crippen molar-refractivity contribution in [1.29, 1.82) is 0 Å². The Labute approximate surface area is 79.1 Å². The highest BCUT2D eigenvalue weighted by Gasteiger charge is 2.37. The molecule has 1 aliphatic heterocycles. The summed E-state index contributed by atoms with van der Waals surface area (Å²) in [5.41, 5.74) is 1.12. The quantitative estimate of drug-likeness (QED) is 0.670. The number of ether oxygens (including phenoxy) is 1. The molecule has 2 heterocycles. The molecule has 3 heteroatoms. The maximum Gasteiger partial charge on any atom is 0.133 e. The molecular formula is C10H17NO2. The standard InChI is InChI=1S/C8H11NO2.C2H6/c1-6-3-7(9-11-6)8(2)4-10-5-8;1-2/h3H,4-5H2,1-2H3;1-2H3. The van der Waals surface area contributed by atoms with E-state index in [1.165, 1.54) is 0 Å². The van der Waals surface area contributed by atoms with Crippen LogP contribution in [0.2, 0.25) is 0 Å². The van der Waals surface area contributed by atoms with Crippen LogP contribution in [0.4, 0.5) is 0 Å². The molecule has 74 valence electrons. The van der Waals surface area contributed by atoms with Crippen LogP contribution in [0.5, 0.6) is 0 Å². The van der Waals surface area contributed by atoms with E-state index in [2.05, 4.69) is 12.1 Å². The molecule has 0 bridgehead atoms. The average molecular weight is 183 g/mol. The molecule has 0 N–H and O–H groups in total. The molecule has 1 aliphatic rings. The summed E-state index contributed by atoms with van der Waals surface area (Å²) in [5, 5.41) is 3.95. The molecule has 13 heavy (non-hydrogen) atoms. The lowest BCUT2D eigenvalue weighted by atomic mass is 9.85. The Kier molecular flexibility index (Phi) is 3.09. The lowest BCUT2D eigenvalue weighted by Gasteiger charge is -2.35. The molecule has 1 saturated heterocycles. The summed E-state index contributed by atoms with van der Waals surface area (Å²) in [7, 11) is 0. The summed E-state index contributed by atoms with van der Waals surface area (Å²) in [4.78, 5) is 0. The molecule has 1 fully saturated rings. The topological polar surface area (TPSA) is 35.3 Å². The smallest absolute Gasteiger partial charge is 0.133 e. The van der Waals surface area contributed by atoms with Crippen molar-refractivity contribution in [1.82, 2.24) is 5.16 Å². The first-order chi connectivity index (χ1) is 6.21. The fraction of sp³-hybridized carbons (Fsp3) is 0.700. The van der Waals surface area contributed by atoms with Gasteiger partial charge in [-0.3, -0.25) is 0 Å². The molecular weight excluding hydrogens is 166 g/mol. The SMILES string of the molecule is CC.Cc1cc(C2(C)COC2)no1. The molecule has 1 aromatic rings. The monoisotopic (exact) mass is 183 g/mol. The first-order valence-corrected chi connectivity index (χ1v) is 4.72. The Morgan fingerprint density at radius 2 is 2.00 bits per heavy atom. The molecule has 0 aliphatic carbocycles. The van der Waals surface area contributed by atoms with Gasteiger partial charge in [-0.1, -0.05) is 19.0 Å². The zero-order valence-electron chi connectivity index (χ0n) is 8.76. The molecule has 0 aromatic carbocycles. The van der Waals surface area contributed by atoms with Gasteiger partial charge in [-0.25, -0.2) is 0 Å². The highest BCUT2D eigenvalue weighted by Crippen LogP contribution is 2.30. The van der Waals surface area contributed by atoms with Gasteiger partial charge >= 0.3 is 0 Å². The van der Waals surface area contributed by atoms with Gasteiger partial charge in [-0.05, 0) is 13.8 Å². The Balaban J connectivity index is 0.000000396. The van der Waals surface area contributed by atoms with Gasteiger partial charge in [0.15, 0.2) is 0 Å². The predicted octanol–water partition coefficient (Wildman–Crippen LogP) is 2.30. The summed E-state index contributed by atoms with van der Waals surface area (Å²) in [5.74, 6) is 0.869. The Hall–Kier alpha value is -0.830. The van der Waals surface area contributed by atoms with E-state index >= 15 is 0 Å². The third-order valence-electron chi connectivity index (χ3n) is 2.09. The van der Waals surface area contributed by atoms with Gasteiger partial charge in [0.1, 0.15) is 5.76 Å². The van der Waals surface area contributed by atoms with Crippen molar-refractivity contribution in [3.63, 3.8) is 0 Å². The highest BCUT2D eigenvalue weighted by atomic mass is 16.5. The van der Waals surface area contributed by atoms with Crippen LogP contribution in [0, 0.1) is 6.92 Å². The number of rotatable bonds is 1. The van der Waals surface area contributed by atoms with Crippen molar-refractivity contribution in [2.75, 3.05) is 13.2 Å². The van der Waals surface area contributed by atoms with Crippen molar-refractivity contribution in [3.05, 3.63) is 17.5 Å². The maximum atomic E-state index is 5.12. The summed E-state index contributed by atoms with van der Waals surface area (Å²) >= 11 is 0. The Bertz CT molecular complexity index is 264. The van der Waals surface area contributed by atoms with Crippen LogP contribution in [-0.4, -0.2) is 18.4 Å². The molecule has 3 nitrogen and oxygen atoms in total. The second-order valence-corrected chi connectivity index (χ2v) is 3.38. The van der Waals surface area contributed by atoms with E-state index < -0.39 is 0 Å². The lowest BCUT2D eigenvalue weighted by Crippen LogP contribution is -2.44. The van der Waals surface area contributed by atoms with Gasteiger partial charge in [0, 0.05) is 6.07 Å². The molecule has 2 rings (SSSR count). The van der Waals surface area contributed by atoms with Crippen molar-refractivity contribution < 1.29 is 9.26 Å². The van der Waals surface area contributed by atoms with E-state index in [0.717, 1.165) is 24.7 Å². The van der Waals surface area contributed by atoms with E-state index in [1.54, 1.807) is 0 Å². The molecule has 0 atom stereocenters.